The average molecular weight is 263 g/mol. The standard InChI is InChI=1S/C15H21NO3/c1-11-5-6-14-12(10-11)13(4-3-8-19-14)16-15(17)7-9-18-2/h5-6,10,13H,3-4,7-9H2,1-2H3,(H,16,17). The summed E-state index contributed by atoms with van der Waals surface area (Å²) in [6.45, 7) is 3.21. The Balaban J connectivity index is 2.12. The number of carbonyl (C=O) groups excluding carboxylic acids is 1. The number of hydrogen-bond acceptors (Lipinski definition) is 3. The molecule has 1 amide bonds. The molecule has 0 aliphatic carbocycles. The highest BCUT2D eigenvalue weighted by Crippen LogP contribution is 2.32. The predicted octanol–water partition coefficient (Wildman–Crippen LogP) is 2.36. The Bertz CT molecular complexity index is 445. The average Bonchev–Trinajstić information content (AvgIpc) is 2.59. The van der Waals surface area contributed by atoms with Crippen LogP contribution >= 0.6 is 0 Å². The molecule has 0 saturated carbocycles. The van der Waals surface area contributed by atoms with Gasteiger partial charge in [-0.2, -0.15) is 0 Å². The van der Waals surface area contributed by atoms with Gasteiger partial charge in [0.05, 0.1) is 19.3 Å². The fraction of sp³-hybridized carbons (Fsp3) is 0.533. The number of aryl methyl sites for hydroxylation is 1. The maximum atomic E-state index is 11.8. The van der Waals surface area contributed by atoms with Crippen LogP contribution in [0.4, 0.5) is 0 Å². The Labute approximate surface area is 114 Å². The molecule has 2 rings (SSSR count). The van der Waals surface area contributed by atoms with Gasteiger partial charge < -0.3 is 14.8 Å². The van der Waals surface area contributed by atoms with E-state index in [1.165, 1.54) is 5.56 Å². The summed E-state index contributed by atoms with van der Waals surface area (Å²) in [6, 6.07) is 6.17. The fourth-order valence-corrected chi connectivity index (χ4v) is 2.31. The van der Waals surface area contributed by atoms with Crippen molar-refractivity contribution < 1.29 is 14.3 Å². The summed E-state index contributed by atoms with van der Waals surface area (Å²) in [6.07, 6.45) is 2.26. The third-order valence-electron chi connectivity index (χ3n) is 3.30. The number of rotatable bonds is 4. The van der Waals surface area contributed by atoms with Gasteiger partial charge in [0.15, 0.2) is 0 Å². The second-order valence-electron chi connectivity index (χ2n) is 4.89. The lowest BCUT2D eigenvalue weighted by Crippen LogP contribution is -2.29. The van der Waals surface area contributed by atoms with Crippen molar-refractivity contribution in [3.05, 3.63) is 29.3 Å². The minimum atomic E-state index is 0.0289. The number of benzene rings is 1. The summed E-state index contributed by atoms with van der Waals surface area (Å²) in [7, 11) is 1.60. The second kappa shape index (κ2) is 6.57. The van der Waals surface area contributed by atoms with Crippen LogP contribution in [-0.2, 0) is 9.53 Å². The summed E-state index contributed by atoms with van der Waals surface area (Å²) in [5.41, 5.74) is 2.27. The Morgan fingerprint density at radius 2 is 2.37 bits per heavy atom. The van der Waals surface area contributed by atoms with E-state index in [0.29, 0.717) is 19.6 Å². The predicted molar refractivity (Wildman–Crippen MR) is 73.3 cm³/mol. The van der Waals surface area contributed by atoms with Gasteiger partial charge in [0.25, 0.3) is 0 Å². The number of fused-ring (bicyclic) bond motifs is 1. The van der Waals surface area contributed by atoms with Crippen LogP contribution in [-0.4, -0.2) is 26.2 Å². The highest BCUT2D eigenvalue weighted by atomic mass is 16.5. The van der Waals surface area contributed by atoms with Crippen molar-refractivity contribution in [3.63, 3.8) is 0 Å². The molecular formula is C15H21NO3. The smallest absolute Gasteiger partial charge is 0.222 e. The van der Waals surface area contributed by atoms with E-state index in [1.54, 1.807) is 7.11 Å². The van der Waals surface area contributed by atoms with E-state index >= 15 is 0 Å². The first-order chi connectivity index (χ1) is 9.20. The Kier molecular flexibility index (Phi) is 4.80. The first-order valence-electron chi connectivity index (χ1n) is 6.72. The van der Waals surface area contributed by atoms with Crippen LogP contribution in [0.5, 0.6) is 5.75 Å². The molecule has 1 atom stereocenters. The van der Waals surface area contributed by atoms with Gasteiger partial charge in [-0.1, -0.05) is 17.7 Å². The van der Waals surface area contributed by atoms with Gasteiger partial charge in [-0.25, -0.2) is 0 Å². The van der Waals surface area contributed by atoms with E-state index in [2.05, 4.69) is 18.3 Å². The molecule has 19 heavy (non-hydrogen) atoms. The third-order valence-corrected chi connectivity index (χ3v) is 3.30. The largest absolute Gasteiger partial charge is 0.493 e. The van der Waals surface area contributed by atoms with E-state index < -0.39 is 0 Å². The van der Waals surface area contributed by atoms with Gasteiger partial charge >= 0.3 is 0 Å². The second-order valence-corrected chi connectivity index (χ2v) is 4.89. The lowest BCUT2D eigenvalue weighted by Gasteiger charge is -2.19. The molecule has 0 saturated heterocycles. The topological polar surface area (TPSA) is 47.6 Å². The number of hydrogen-bond donors (Lipinski definition) is 1. The van der Waals surface area contributed by atoms with Crippen molar-refractivity contribution in [1.82, 2.24) is 5.32 Å². The molecule has 0 spiro atoms. The van der Waals surface area contributed by atoms with Gasteiger partial charge in [0, 0.05) is 19.1 Å². The first-order valence-corrected chi connectivity index (χ1v) is 6.72. The molecule has 1 aliphatic heterocycles. The van der Waals surface area contributed by atoms with Crippen molar-refractivity contribution in [2.75, 3.05) is 20.3 Å². The van der Waals surface area contributed by atoms with Gasteiger partial charge in [0.2, 0.25) is 5.91 Å². The van der Waals surface area contributed by atoms with Crippen molar-refractivity contribution in [1.29, 1.82) is 0 Å². The van der Waals surface area contributed by atoms with Crippen molar-refractivity contribution in [2.24, 2.45) is 0 Å². The molecule has 0 radical (unpaired) electrons. The van der Waals surface area contributed by atoms with E-state index in [1.807, 2.05) is 12.1 Å². The zero-order valence-electron chi connectivity index (χ0n) is 11.6. The summed E-state index contributed by atoms with van der Waals surface area (Å²) >= 11 is 0. The van der Waals surface area contributed by atoms with Crippen molar-refractivity contribution in [2.45, 2.75) is 32.2 Å². The highest BCUT2D eigenvalue weighted by molar-refractivity contribution is 5.76. The molecule has 1 aliphatic rings. The number of carbonyl (C=O) groups is 1. The van der Waals surface area contributed by atoms with Crippen LogP contribution < -0.4 is 10.1 Å². The Hall–Kier alpha value is -1.55. The maximum absolute atomic E-state index is 11.8. The Morgan fingerprint density at radius 1 is 1.53 bits per heavy atom. The maximum Gasteiger partial charge on any atom is 0.222 e. The molecular weight excluding hydrogens is 242 g/mol. The minimum absolute atomic E-state index is 0.0289. The molecule has 4 heteroatoms. The van der Waals surface area contributed by atoms with Crippen LogP contribution in [0.15, 0.2) is 18.2 Å². The van der Waals surface area contributed by atoms with Crippen molar-refractivity contribution in [3.8, 4) is 5.75 Å². The van der Waals surface area contributed by atoms with Crippen molar-refractivity contribution >= 4 is 5.91 Å². The Morgan fingerprint density at radius 3 is 3.16 bits per heavy atom. The summed E-state index contributed by atoms with van der Waals surface area (Å²) in [5, 5.41) is 3.08. The van der Waals surface area contributed by atoms with Gasteiger partial charge in [-0.3, -0.25) is 4.79 Å². The molecule has 0 fully saturated rings. The zero-order valence-corrected chi connectivity index (χ0v) is 11.6. The molecule has 4 nitrogen and oxygen atoms in total. The number of ether oxygens (including phenoxy) is 2. The number of methoxy groups -OCH3 is 1. The zero-order chi connectivity index (χ0) is 13.7. The minimum Gasteiger partial charge on any atom is -0.493 e. The van der Waals surface area contributed by atoms with E-state index in [-0.39, 0.29) is 11.9 Å². The van der Waals surface area contributed by atoms with E-state index in [4.69, 9.17) is 9.47 Å². The van der Waals surface area contributed by atoms with Crippen LogP contribution in [0.25, 0.3) is 0 Å². The van der Waals surface area contributed by atoms with Crippen LogP contribution in [0, 0.1) is 6.92 Å². The summed E-state index contributed by atoms with van der Waals surface area (Å²) < 4.78 is 10.6. The first kappa shape index (κ1) is 13.9. The molecule has 0 bridgehead atoms. The number of amides is 1. The molecule has 1 aromatic rings. The monoisotopic (exact) mass is 263 g/mol. The molecule has 0 aromatic heterocycles. The number of nitrogens with one attached hydrogen (secondary N) is 1. The lowest BCUT2D eigenvalue weighted by molar-refractivity contribution is -0.122. The fourth-order valence-electron chi connectivity index (χ4n) is 2.31. The SMILES string of the molecule is COCCC(=O)NC1CCCOc2ccc(C)cc21. The molecule has 1 unspecified atom stereocenters. The summed E-state index contributed by atoms with van der Waals surface area (Å²) in [5.74, 6) is 0.918. The van der Waals surface area contributed by atoms with E-state index in [0.717, 1.165) is 24.2 Å². The highest BCUT2D eigenvalue weighted by Gasteiger charge is 2.21. The van der Waals surface area contributed by atoms with Gasteiger partial charge in [-0.15, -0.1) is 0 Å². The van der Waals surface area contributed by atoms with Crippen LogP contribution in [0.1, 0.15) is 36.4 Å². The van der Waals surface area contributed by atoms with E-state index in [9.17, 15) is 4.79 Å². The van der Waals surface area contributed by atoms with Gasteiger partial charge in [-0.05, 0) is 25.8 Å². The molecule has 1 N–H and O–H groups in total. The quantitative estimate of drug-likeness (QED) is 0.907. The molecule has 104 valence electrons. The van der Waals surface area contributed by atoms with Crippen LogP contribution in [0.3, 0.4) is 0 Å². The molecule has 1 heterocycles. The third kappa shape index (κ3) is 3.70. The van der Waals surface area contributed by atoms with Crippen LogP contribution in [0.2, 0.25) is 0 Å². The summed E-state index contributed by atoms with van der Waals surface area (Å²) in [4.78, 5) is 11.8. The molecule has 1 aromatic carbocycles. The lowest BCUT2D eigenvalue weighted by atomic mass is 10.00. The normalized spacial score (nSPS) is 18.1. The van der Waals surface area contributed by atoms with Gasteiger partial charge in [0.1, 0.15) is 5.75 Å².